The van der Waals surface area contributed by atoms with Gasteiger partial charge in [0.25, 0.3) is 0 Å². The standard InChI is InChI=1S/C25H27BrN6O2/c1-13-17-4-5-32(24(17)30-12-29-13)20-10-25(22(34)21(20)33)9-16(28-11-25)6-14-2-3-15-8-18(26)23(27)31-19(15)7-14/h2-5,7-8,12,16,20-22,28,33-34H,6,9-11H2,1H3,(H2,27,31)/t16-,20+,21-,22-,25-/m0/s1. The monoisotopic (exact) mass is 522 g/mol. The van der Waals surface area contributed by atoms with Gasteiger partial charge in [-0.15, -0.1) is 0 Å². The summed E-state index contributed by atoms with van der Waals surface area (Å²) in [6.45, 7) is 2.63. The van der Waals surface area contributed by atoms with Crippen LogP contribution < -0.4 is 11.1 Å². The Balaban J connectivity index is 1.23. The van der Waals surface area contributed by atoms with Gasteiger partial charge in [0.15, 0.2) is 0 Å². The maximum atomic E-state index is 11.2. The van der Waals surface area contributed by atoms with E-state index in [1.165, 1.54) is 5.56 Å². The maximum absolute atomic E-state index is 11.2. The lowest BCUT2D eigenvalue weighted by Gasteiger charge is -2.27. The molecule has 1 aliphatic heterocycles. The smallest absolute Gasteiger partial charge is 0.143 e. The highest BCUT2D eigenvalue weighted by Crippen LogP contribution is 2.50. The van der Waals surface area contributed by atoms with Gasteiger partial charge >= 0.3 is 0 Å². The molecule has 1 spiro atoms. The molecule has 34 heavy (non-hydrogen) atoms. The van der Waals surface area contributed by atoms with Gasteiger partial charge in [0, 0.05) is 35.0 Å². The number of aliphatic hydroxyl groups is 2. The van der Waals surface area contributed by atoms with E-state index in [-0.39, 0.29) is 17.5 Å². The fraction of sp³-hybridized carbons (Fsp3) is 0.400. The summed E-state index contributed by atoms with van der Waals surface area (Å²) in [6.07, 6.45) is 4.17. The molecule has 0 bridgehead atoms. The van der Waals surface area contributed by atoms with Gasteiger partial charge in [0.05, 0.1) is 27.8 Å². The van der Waals surface area contributed by atoms with E-state index in [2.05, 4.69) is 54.4 Å². The molecule has 8 nitrogen and oxygen atoms in total. The molecule has 0 radical (unpaired) electrons. The molecule has 4 aromatic rings. The normalized spacial score (nSPS) is 29.1. The predicted octanol–water partition coefficient (Wildman–Crippen LogP) is 2.89. The predicted molar refractivity (Wildman–Crippen MR) is 134 cm³/mol. The van der Waals surface area contributed by atoms with E-state index in [0.29, 0.717) is 18.8 Å². The molecule has 1 aliphatic carbocycles. The SMILES string of the molecule is Cc1ncnc2c1ccn2[C@@H]1C[C@@]2(CN[C@@H](Cc3ccc4cc(Br)c(N)nc4c3)C2)[C@@H](O)[C@H]1O. The Kier molecular flexibility index (Phi) is 5.14. The molecule has 1 saturated carbocycles. The number of aliphatic hydroxyl groups excluding tert-OH is 2. The second kappa shape index (κ2) is 7.98. The number of fused-ring (bicyclic) bond motifs is 2. The van der Waals surface area contributed by atoms with Crippen molar-refractivity contribution in [2.75, 3.05) is 12.3 Å². The summed E-state index contributed by atoms with van der Waals surface area (Å²) in [7, 11) is 0. The Morgan fingerprint density at radius 3 is 2.91 bits per heavy atom. The zero-order valence-corrected chi connectivity index (χ0v) is 20.4. The Bertz CT molecular complexity index is 1410. The van der Waals surface area contributed by atoms with Crippen LogP contribution in [0.1, 0.15) is 30.1 Å². The summed E-state index contributed by atoms with van der Waals surface area (Å²) in [5.74, 6) is 0.481. The average molecular weight is 523 g/mol. The molecular weight excluding hydrogens is 496 g/mol. The van der Waals surface area contributed by atoms with Gasteiger partial charge in [-0.1, -0.05) is 12.1 Å². The molecule has 4 heterocycles. The number of rotatable bonds is 3. The van der Waals surface area contributed by atoms with Crippen molar-refractivity contribution in [1.29, 1.82) is 0 Å². The van der Waals surface area contributed by atoms with Crippen molar-refractivity contribution in [2.24, 2.45) is 5.41 Å². The van der Waals surface area contributed by atoms with Crippen molar-refractivity contribution in [1.82, 2.24) is 24.8 Å². The number of nitrogens with zero attached hydrogens (tertiary/aromatic N) is 4. The largest absolute Gasteiger partial charge is 0.390 e. The maximum Gasteiger partial charge on any atom is 0.143 e. The zero-order valence-electron chi connectivity index (χ0n) is 18.8. The van der Waals surface area contributed by atoms with Gasteiger partial charge in [0.1, 0.15) is 23.9 Å². The minimum Gasteiger partial charge on any atom is -0.390 e. The van der Waals surface area contributed by atoms with Crippen molar-refractivity contribution in [3.63, 3.8) is 0 Å². The number of hydrogen-bond acceptors (Lipinski definition) is 7. The van der Waals surface area contributed by atoms with E-state index in [1.54, 1.807) is 6.33 Å². The number of nitrogens with one attached hydrogen (secondary N) is 1. The summed E-state index contributed by atoms with van der Waals surface area (Å²) in [6, 6.07) is 10.2. The van der Waals surface area contributed by atoms with E-state index < -0.39 is 12.2 Å². The van der Waals surface area contributed by atoms with Crippen LogP contribution in [0.25, 0.3) is 21.9 Å². The van der Waals surface area contributed by atoms with Crippen LogP contribution in [0.3, 0.4) is 0 Å². The number of pyridine rings is 1. The van der Waals surface area contributed by atoms with Crippen molar-refractivity contribution < 1.29 is 10.2 Å². The number of nitrogens with two attached hydrogens (primary N) is 1. The first-order valence-electron chi connectivity index (χ1n) is 11.6. The van der Waals surface area contributed by atoms with Crippen LogP contribution in [0.2, 0.25) is 0 Å². The van der Waals surface area contributed by atoms with Crippen LogP contribution in [0.15, 0.2) is 47.3 Å². The van der Waals surface area contributed by atoms with Crippen LogP contribution >= 0.6 is 15.9 Å². The molecule has 1 saturated heterocycles. The van der Waals surface area contributed by atoms with Gasteiger partial charge < -0.3 is 25.8 Å². The van der Waals surface area contributed by atoms with E-state index in [4.69, 9.17) is 5.73 Å². The fourth-order valence-electron chi connectivity index (χ4n) is 5.98. The van der Waals surface area contributed by atoms with E-state index in [9.17, 15) is 10.2 Å². The Morgan fingerprint density at radius 1 is 1.21 bits per heavy atom. The van der Waals surface area contributed by atoms with Crippen LogP contribution in [0.5, 0.6) is 0 Å². The van der Waals surface area contributed by atoms with Crippen LogP contribution in [0, 0.1) is 12.3 Å². The van der Waals surface area contributed by atoms with Crippen LogP contribution in [-0.2, 0) is 6.42 Å². The van der Waals surface area contributed by atoms with Gasteiger partial charge in [-0.3, -0.25) is 0 Å². The molecule has 176 valence electrons. The third kappa shape index (κ3) is 3.41. The van der Waals surface area contributed by atoms with E-state index >= 15 is 0 Å². The number of halogens is 1. The molecule has 1 aromatic carbocycles. The number of benzene rings is 1. The molecule has 2 fully saturated rings. The number of aromatic nitrogens is 4. The third-order valence-electron chi connectivity index (χ3n) is 7.77. The van der Waals surface area contributed by atoms with Crippen LogP contribution in [0.4, 0.5) is 5.82 Å². The van der Waals surface area contributed by atoms with Gasteiger partial charge in [-0.25, -0.2) is 15.0 Å². The van der Waals surface area contributed by atoms with Crippen molar-refractivity contribution in [3.8, 4) is 0 Å². The highest BCUT2D eigenvalue weighted by atomic mass is 79.9. The van der Waals surface area contributed by atoms with Gasteiger partial charge in [-0.2, -0.15) is 0 Å². The first kappa shape index (κ1) is 21.9. The highest BCUT2D eigenvalue weighted by molar-refractivity contribution is 9.10. The average Bonchev–Trinajstić information content (AvgIpc) is 3.49. The minimum absolute atomic E-state index is 0.205. The molecular formula is C25H27BrN6O2. The molecule has 9 heteroatoms. The molecule has 2 aliphatic rings. The second-order valence-electron chi connectivity index (χ2n) is 9.86. The fourth-order valence-corrected chi connectivity index (χ4v) is 6.31. The second-order valence-corrected chi connectivity index (χ2v) is 10.7. The van der Waals surface area contributed by atoms with Crippen LogP contribution in [-0.4, -0.2) is 54.5 Å². The first-order chi connectivity index (χ1) is 16.3. The highest BCUT2D eigenvalue weighted by Gasteiger charge is 2.56. The molecule has 0 amide bonds. The Labute approximate surface area is 205 Å². The van der Waals surface area contributed by atoms with Gasteiger partial charge in [0.2, 0.25) is 0 Å². The topological polar surface area (TPSA) is 122 Å². The summed E-state index contributed by atoms with van der Waals surface area (Å²) < 4.78 is 2.81. The minimum atomic E-state index is -0.849. The van der Waals surface area contributed by atoms with Gasteiger partial charge in [-0.05, 0) is 65.9 Å². The quantitative estimate of drug-likeness (QED) is 0.326. The Hall–Kier alpha value is -2.59. The first-order valence-corrected chi connectivity index (χ1v) is 12.4. The summed E-state index contributed by atoms with van der Waals surface area (Å²) in [5.41, 5.74) is 9.35. The lowest BCUT2D eigenvalue weighted by molar-refractivity contribution is -0.0217. The van der Waals surface area contributed by atoms with E-state index in [1.807, 2.05) is 29.8 Å². The summed E-state index contributed by atoms with van der Waals surface area (Å²) in [5, 5.41) is 27.8. The van der Waals surface area contributed by atoms with Crippen molar-refractivity contribution in [2.45, 2.75) is 50.5 Å². The summed E-state index contributed by atoms with van der Waals surface area (Å²) in [4.78, 5) is 13.2. The van der Waals surface area contributed by atoms with Crippen molar-refractivity contribution >= 4 is 43.7 Å². The molecule has 3 aromatic heterocycles. The molecule has 5 atom stereocenters. The zero-order chi connectivity index (χ0) is 23.6. The molecule has 5 N–H and O–H groups in total. The van der Waals surface area contributed by atoms with E-state index in [0.717, 1.165) is 44.9 Å². The number of nitrogen functional groups attached to an aromatic ring is 1. The summed E-state index contributed by atoms with van der Waals surface area (Å²) >= 11 is 3.44. The Morgan fingerprint density at radius 2 is 2.06 bits per heavy atom. The number of aryl methyl sites for hydroxylation is 1. The van der Waals surface area contributed by atoms with Crippen molar-refractivity contribution in [3.05, 3.63) is 58.6 Å². The molecule has 0 unspecified atom stereocenters. The lowest BCUT2D eigenvalue weighted by Crippen LogP contribution is -2.38. The lowest BCUT2D eigenvalue weighted by atomic mass is 9.80. The number of hydrogen-bond donors (Lipinski definition) is 4. The molecule has 6 rings (SSSR count). The third-order valence-corrected chi connectivity index (χ3v) is 8.40. The number of anilines is 1.